The molecule has 0 fully saturated rings. The zero-order chi connectivity index (χ0) is 10.4. The summed E-state index contributed by atoms with van der Waals surface area (Å²) >= 11 is 0. The molecule has 5 nitrogen and oxygen atoms in total. The van der Waals surface area contributed by atoms with Gasteiger partial charge in [-0.2, -0.15) is 0 Å². The van der Waals surface area contributed by atoms with Gasteiger partial charge in [-0.1, -0.05) is 6.08 Å². The van der Waals surface area contributed by atoms with Crippen LogP contribution in [0.1, 0.15) is 12.1 Å². The number of nitrogen functional groups attached to an aromatic ring is 1. The van der Waals surface area contributed by atoms with E-state index in [1.54, 1.807) is 12.2 Å². The van der Waals surface area contributed by atoms with Gasteiger partial charge in [0.1, 0.15) is 5.82 Å². The highest BCUT2D eigenvalue weighted by Gasteiger charge is 1.94. The summed E-state index contributed by atoms with van der Waals surface area (Å²) < 4.78 is 4.46. The van der Waals surface area contributed by atoms with Crippen LogP contribution >= 0.6 is 0 Å². The van der Waals surface area contributed by atoms with Crippen LogP contribution in [0.3, 0.4) is 0 Å². The predicted molar refractivity (Wildman–Crippen MR) is 52.1 cm³/mol. The third kappa shape index (κ3) is 3.22. The number of hydrogen-bond donors (Lipinski definition) is 1. The van der Waals surface area contributed by atoms with Crippen molar-refractivity contribution in [2.24, 2.45) is 0 Å². The van der Waals surface area contributed by atoms with Crippen LogP contribution in [-0.2, 0) is 9.53 Å². The van der Waals surface area contributed by atoms with Crippen LogP contribution in [0.25, 0.3) is 6.08 Å². The quantitative estimate of drug-likeness (QED) is 0.712. The van der Waals surface area contributed by atoms with Gasteiger partial charge in [0, 0.05) is 0 Å². The Morgan fingerprint density at radius 1 is 1.57 bits per heavy atom. The molecule has 0 aliphatic heterocycles. The highest BCUT2D eigenvalue weighted by molar-refractivity contribution is 5.72. The van der Waals surface area contributed by atoms with Gasteiger partial charge in [0.25, 0.3) is 0 Å². The van der Waals surface area contributed by atoms with Crippen molar-refractivity contribution < 1.29 is 9.53 Å². The Bertz CT molecular complexity index is 332. The molecular weight excluding hydrogens is 182 g/mol. The Labute approximate surface area is 81.6 Å². The molecule has 1 heterocycles. The number of aromatic nitrogens is 2. The summed E-state index contributed by atoms with van der Waals surface area (Å²) in [5.41, 5.74) is 6.01. The molecule has 0 aliphatic carbocycles. The Balaban J connectivity index is 2.52. The van der Waals surface area contributed by atoms with Crippen LogP contribution in [0, 0.1) is 0 Å². The second kappa shape index (κ2) is 4.96. The Kier molecular flexibility index (Phi) is 3.60. The number of hydrogen-bond acceptors (Lipinski definition) is 5. The minimum atomic E-state index is -0.287. The lowest BCUT2D eigenvalue weighted by Gasteiger charge is -1.93. The van der Waals surface area contributed by atoms with Crippen molar-refractivity contribution in [3.8, 4) is 0 Å². The fourth-order valence-electron chi connectivity index (χ4n) is 0.793. The molecule has 14 heavy (non-hydrogen) atoms. The van der Waals surface area contributed by atoms with Crippen molar-refractivity contribution in [2.75, 3.05) is 12.8 Å². The molecule has 1 aromatic rings. The molecule has 0 aliphatic rings. The van der Waals surface area contributed by atoms with E-state index >= 15 is 0 Å². The molecular formula is C9H11N3O2. The molecule has 0 amide bonds. The van der Waals surface area contributed by atoms with Gasteiger partial charge in [0.2, 0.25) is 0 Å². The van der Waals surface area contributed by atoms with Gasteiger partial charge in [0.05, 0.1) is 31.6 Å². The SMILES string of the molecule is COC(=O)CC=Cc1cnc(N)cn1. The molecule has 5 heteroatoms. The van der Waals surface area contributed by atoms with Gasteiger partial charge in [-0.05, 0) is 6.08 Å². The van der Waals surface area contributed by atoms with E-state index < -0.39 is 0 Å². The lowest BCUT2D eigenvalue weighted by molar-refractivity contribution is -0.139. The number of esters is 1. The summed E-state index contributed by atoms with van der Waals surface area (Å²) in [5.74, 6) is 0.0831. The smallest absolute Gasteiger partial charge is 0.309 e. The molecule has 0 spiro atoms. The molecule has 2 N–H and O–H groups in total. The first-order chi connectivity index (χ1) is 6.72. The number of ether oxygens (including phenoxy) is 1. The number of carbonyl (C=O) groups is 1. The molecule has 0 bridgehead atoms. The number of methoxy groups -OCH3 is 1. The van der Waals surface area contributed by atoms with Gasteiger partial charge in [-0.15, -0.1) is 0 Å². The maximum Gasteiger partial charge on any atom is 0.309 e. The van der Waals surface area contributed by atoms with E-state index in [0.717, 1.165) is 0 Å². The average molecular weight is 193 g/mol. The van der Waals surface area contributed by atoms with E-state index in [1.807, 2.05) is 0 Å². The van der Waals surface area contributed by atoms with Crippen molar-refractivity contribution in [3.63, 3.8) is 0 Å². The fourth-order valence-corrected chi connectivity index (χ4v) is 0.793. The predicted octanol–water partition coefficient (Wildman–Crippen LogP) is 0.635. The van der Waals surface area contributed by atoms with E-state index in [1.165, 1.54) is 19.5 Å². The summed E-state index contributed by atoms with van der Waals surface area (Å²) in [7, 11) is 1.35. The van der Waals surface area contributed by atoms with Gasteiger partial charge in [-0.3, -0.25) is 9.78 Å². The fraction of sp³-hybridized carbons (Fsp3) is 0.222. The Hall–Kier alpha value is -1.91. The molecule has 0 aromatic carbocycles. The molecule has 74 valence electrons. The molecule has 0 radical (unpaired) electrons. The second-order valence-corrected chi connectivity index (χ2v) is 2.55. The maximum absolute atomic E-state index is 10.7. The molecule has 0 unspecified atom stereocenters. The largest absolute Gasteiger partial charge is 0.469 e. The van der Waals surface area contributed by atoms with Crippen LogP contribution in [-0.4, -0.2) is 23.0 Å². The summed E-state index contributed by atoms with van der Waals surface area (Å²) in [4.78, 5) is 18.5. The molecule has 0 atom stereocenters. The van der Waals surface area contributed by atoms with E-state index in [4.69, 9.17) is 5.73 Å². The maximum atomic E-state index is 10.7. The molecule has 1 rings (SSSR count). The van der Waals surface area contributed by atoms with Crippen LogP contribution < -0.4 is 5.73 Å². The Morgan fingerprint density at radius 2 is 2.36 bits per heavy atom. The normalized spacial score (nSPS) is 10.4. The first-order valence-corrected chi connectivity index (χ1v) is 4.03. The second-order valence-electron chi connectivity index (χ2n) is 2.55. The Morgan fingerprint density at radius 3 is 2.93 bits per heavy atom. The van der Waals surface area contributed by atoms with Gasteiger partial charge in [0.15, 0.2) is 0 Å². The summed E-state index contributed by atoms with van der Waals surface area (Å²) in [6, 6.07) is 0. The summed E-state index contributed by atoms with van der Waals surface area (Å²) in [5, 5.41) is 0. The van der Waals surface area contributed by atoms with Crippen LogP contribution in [0.15, 0.2) is 18.5 Å². The molecule has 0 saturated heterocycles. The highest BCUT2D eigenvalue weighted by atomic mass is 16.5. The minimum Gasteiger partial charge on any atom is -0.469 e. The lowest BCUT2D eigenvalue weighted by Crippen LogP contribution is -1.97. The van der Waals surface area contributed by atoms with Gasteiger partial charge in [-0.25, -0.2) is 4.98 Å². The van der Waals surface area contributed by atoms with Crippen LogP contribution in [0.4, 0.5) is 5.82 Å². The minimum absolute atomic E-state index is 0.225. The van der Waals surface area contributed by atoms with E-state index in [2.05, 4.69) is 14.7 Å². The van der Waals surface area contributed by atoms with Crippen molar-refractivity contribution in [1.82, 2.24) is 9.97 Å². The zero-order valence-electron chi connectivity index (χ0n) is 7.80. The average Bonchev–Trinajstić information content (AvgIpc) is 2.21. The zero-order valence-corrected chi connectivity index (χ0v) is 7.80. The van der Waals surface area contributed by atoms with Crippen molar-refractivity contribution >= 4 is 17.9 Å². The van der Waals surface area contributed by atoms with Crippen molar-refractivity contribution in [1.29, 1.82) is 0 Å². The topological polar surface area (TPSA) is 78.1 Å². The number of rotatable bonds is 3. The van der Waals surface area contributed by atoms with E-state index in [0.29, 0.717) is 11.5 Å². The number of anilines is 1. The van der Waals surface area contributed by atoms with Crippen molar-refractivity contribution in [2.45, 2.75) is 6.42 Å². The van der Waals surface area contributed by atoms with Gasteiger partial charge >= 0.3 is 5.97 Å². The highest BCUT2D eigenvalue weighted by Crippen LogP contribution is 1.99. The van der Waals surface area contributed by atoms with E-state index in [-0.39, 0.29) is 12.4 Å². The number of carbonyl (C=O) groups excluding carboxylic acids is 1. The third-order valence-corrected chi connectivity index (χ3v) is 1.49. The summed E-state index contributed by atoms with van der Waals surface area (Å²) in [6.07, 6.45) is 6.55. The van der Waals surface area contributed by atoms with Crippen LogP contribution in [0.2, 0.25) is 0 Å². The lowest BCUT2D eigenvalue weighted by atomic mass is 10.3. The van der Waals surface area contributed by atoms with E-state index in [9.17, 15) is 4.79 Å². The monoisotopic (exact) mass is 193 g/mol. The summed E-state index contributed by atoms with van der Waals surface area (Å²) in [6.45, 7) is 0. The van der Waals surface area contributed by atoms with Gasteiger partial charge < -0.3 is 10.5 Å². The third-order valence-electron chi connectivity index (χ3n) is 1.49. The first kappa shape index (κ1) is 10.2. The molecule has 1 aromatic heterocycles. The van der Waals surface area contributed by atoms with Crippen molar-refractivity contribution in [3.05, 3.63) is 24.2 Å². The standard InChI is InChI=1S/C9H11N3O2/c1-14-9(13)4-2-3-7-5-12-8(10)6-11-7/h2-3,5-6H,4H2,1H3,(H2,10,12). The van der Waals surface area contributed by atoms with Crippen LogP contribution in [0.5, 0.6) is 0 Å². The number of nitrogens with zero attached hydrogens (tertiary/aromatic N) is 2. The number of nitrogens with two attached hydrogens (primary N) is 1. The first-order valence-electron chi connectivity index (χ1n) is 4.03. The molecule has 0 saturated carbocycles.